The summed E-state index contributed by atoms with van der Waals surface area (Å²) in [6, 6.07) is 24.8. The number of thiophene rings is 1. The molecular weight excluding hydrogens is 392 g/mol. The molecule has 1 N–H and O–H groups in total. The molecule has 0 radical (unpaired) electrons. The van der Waals surface area contributed by atoms with Crippen LogP contribution >= 0.6 is 11.3 Å². The third-order valence-corrected chi connectivity index (χ3v) is 5.97. The summed E-state index contributed by atoms with van der Waals surface area (Å²) < 4.78 is 5.74. The molecule has 4 nitrogen and oxygen atoms in total. The quantitative estimate of drug-likeness (QED) is 0.407. The number of oxazole rings is 1. The van der Waals surface area contributed by atoms with E-state index in [-0.39, 0.29) is 18.2 Å². The highest BCUT2D eigenvalue weighted by molar-refractivity contribution is 7.13. The Labute approximate surface area is 180 Å². The van der Waals surface area contributed by atoms with Gasteiger partial charge in [0.05, 0.1) is 17.0 Å². The van der Waals surface area contributed by atoms with Gasteiger partial charge in [-0.05, 0) is 35.9 Å². The predicted molar refractivity (Wildman–Crippen MR) is 121 cm³/mol. The van der Waals surface area contributed by atoms with Gasteiger partial charge in [-0.15, -0.1) is 11.3 Å². The predicted octanol–water partition coefficient (Wildman–Crippen LogP) is 5.59. The minimum Gasteiger partial charge on any atom is -0.440 e. The molecule has 0 saturated heterocycles. The van der Waals surface area contributed by atoms with Crippen LogP contribution in [0.15, 0.2) is 82.6 Å². The number of rotatable bonds is 8. The van der Waals surface area contributed by atoms with Crippen LogP contribution in [-0.2, 0) is 11.2 Å². The van der Waals surface area contributed by atoms with E-state index in [0.717, 1.165) is 11.3 Å². The van der Waals surface area contributed by atoms with E-state index in [2.05, 4.69) is 58.8 Å². The van der Waals surface area contributed by atoms with Crippen molar-refractivity contribution in [2.45, 2.75) is 25.7 Å². The molecule has 0 atom stereocenters. The van der Waals surface area contributed by atoms with E-state index >= 15 is 0 Å². The number of carbonyl (C=O) groups is 1. The second-order valence-corrected chi connectivity index (χ2v) is 8.14. The lowest BCUT2D eigenvalue weighted by Gasteiger charge is -2.18. The third-order valence-electron chi connectivity index (χ3n) is 5.11. The number of benzene rings is 2. The van der Waals surface area contributed by atoms with Crippen molar-refractivity contribution in [2.24, 2.45) is 0 Å². The van der Waals surface area contributed by atoms with Crippen LogP contribution in [0.5, 0.6) is 0 Å². The molecule has 0 bridgehead atoms. The fourth-order valence-electron chi connectivity index (χ4n) is 3.56. The maximum Gasteiger partial charge on any atom is 0.236 e. The van der Waals surface area contributed by atoms with Crippen molar-refractivity contribution < 1.29 is 9.21 Å². The smallest absolute Gasteiger partial charge is 0.236 e. The van der Waals surface area contributed by atoms with Gasteiger partial charge >= 0.3 is 0 Å². The summed E-state index contributed by atoms with van der Waals surface area (Å²) in [4.78, 5) is 18.0. The van der Waals surface area contributed by atoms with E-state index in [4.69, 9.17) is 4.42 Å². The number of aryl methyl sites for hydroxylation is 1. The second kappa shape index (κ2) is 9.55. The lowest BCUT2D eigenvalue weighted by Crippen LogP contribution is -2.27. The van der Waals surface area contributed by atoms with Crippen molar-refractivity contribution in [3.8, 4) is 10.8 Å². The number of nitrogens with one attached hydrogen (secondary N) is 1. The van der Waals surface area contributed by atoms with Crippen molar-refractivity contribution in [1.82, 2.24) is 10.3 Å². The van der Waals surface area contributed by atoms with E-state index in [1.807, 2.05) is 36.6 Å². The average Bonchev–Trinajstić information content (AvgIpc) is 3.43. The van der Waals surface area contributed by atoms with Gasteiger partial charge < -0.3 is 9.73 Å². The van der Waals surface area contributed by atoms with Crippen LogP contribution in [0.3, 0.4) is 0 Å². The summed E-state index contributed by atoms with van der Waals surface area (Å²) in [6.45, 7) is 2.45. The highest BCUT2D eigenvalue weighted by Crippen LogP contribution is 2.28. The van der Waals surface area contributed by atoms with Gasteiger partial charge in [0.2, 0.25) is 11.8 Å². The minimum absolute atomic E-state index is 0.0380. The number of amides is 1. The first kappa shape index (κ1) is 20.1. The monoisotopic (exact) mass is 416 g/mol. The van der Waals surface area contributed by atoms with Crippen LogP contribution in [0.1, 0.15) is 34.9 Å². The van der Waals surface area contributed by atoms with E-state index in [1.165, 1.54) is 11.1 Å². The molecule has 0 aliphatic heterocycles. The van der Waals surface area contributed by atoms with Gasteiger partial charge in [0.25, 0.3) is 0 Å². The summed E-state index contributed by atoms with van der Waals surface area (Å²) in [6.07, 6.45) is 1.06. The fourth-order valence-corrected chi connectivity index (χ4v) is 4.21. The zero-order valence-corrected chi connectivity index (χ0v) is 17.7. The molecule has 5 heteroatoms. The summed E-state index contributed by atoms with van der Waals surface area (Å²) in [5.41, 5.74) is 3.20. The van der Waals surface area contributed by atoms with Crippen LogP contribution in [0.4, 0.5) is 0 Å². The van der Waals surface area contributed by atoms with E-state index < -0.39 is 0 Å². The fraction of sp³-hybridized carbons (Fsp3) is 0.200. The van der Waals surface area contributed by atoms with Gasteiger partial charge in [-0.1, -0.05) is 66.7 Å². The molecule has 2 aromatic carbocycles. The zero-order valence-electron chi connectivity index (χ0n) is 16.9. The molecule has 152 valence electrons. The minimum atomic E-state index is -0.0380. The van der Waals surface area contributed by atoms with Crippen molar-refractivity contribution in [3.63, 3.8) is 0 Å². The molecule has 0 fully saturated rings. The molecule has 0 saturated carbocycles. The van der Waals surface area contributed by atoms with Gasteiger partial charge in [-0.2, -0.15) is 0 Å². The first-order valence-electron chi connectivity index (χ1n) is 10.1. The molecular formula is C25H24N2O2S. The van der Waals surface area contributed by atoms with Crippen LogP contribution in [0.2, 0.25) is 0 Å². The maximum absolute atomic E-state index is 12.5. The van der Waals surface area contributed by atoms with Crippen LogP contribution in [-0.4, -0.2) is 17.4 Å². The number of hydrogen-bond acceptors (Lipinski definition) is 4. The zero-order chi connectivity index (χ0) is 20.8. The Morgan fingerprint density at radius 3 is 2.27 bits per heavy atom. The molecule has 0 aliphatic rings. The topological polar surface area (TPSA) is 55.1 Å². The van der Waals surface area contributed by atoms with Crippen molar-refractivity contribution >= 4 is 17.2 Å². The summed E-state index contributed by atoms with van der Waals surface area (Å²) in [7, 11) is 0. The number of hydrogen-bond donors (Lipinski definition) is 1. The first-order valence-corrected chi connectivity index (χ1v) is 11.0. The van der Waals surface area contributed by atoms with Gasteiger partial charge in [0, 0.05) is 12.5 Å². The molecule has 2 heterocycles. The Hall–Kier alpha value is -3.18. The summed E-state index contributed by atoms with van der Waals surface area (Å²) in [5, 5.41) is 5.04. The Kier molecular flexibility index (Phi) is 6.40. The summed E-state index contributed by atoms with van der Waals surface area (Å²) in [5.74, 6) is 1.48. The van der Waals surface area contributed by atoms with Gasteiger partial charge in [-0.25, -0.2) is 4.98 Å². The second-order valence-electron chi connectivity index (χ2n) is 7.19. The van der Waals surface area contributed by atoms with Crippen molar-refractivity contribution in [1.29, 1.82) is 0 Å². The molecule has 0 spiro atoms. The molecule has 0 unspecified atom stereocenters. The van der Waals surface area contributed by atoms with Crippen LogP contribution in [0, 0.1) is 6.92 Å². The van der Waals surface area contributed by atoms with Crippen molar-refractivity contribution in [3.05, 3.63) is 101 Å². The lowest BCUT2D eigenvalue weighted by molar-refractivity contribution is -0.120. The largest absolute Gasteiger partial charge is 0.440 e. The lowest BCUT2D eigenvalue weighted by atomic mass is 9.88. The number of nitrogens with zero attached hydrogens (tertiary/aromatic N) is 1. The van der Waals surface area contributed by atoms with Crippen LogP contribution in [0.25, 0.3) is 10.8 Å². The van der Waals surface area contributed by atoms with Gasteiger partial charge in [-0.3, -0.25) is 4.79 Å². The normalized spacial score (nSPS) is 11.0. The Morgan fingerprint density at radius 2 is 1.67 bits per heavy atom. The van der Waals surface area contributed by atoms with Crippen LogP contribution < -0.4 is 5.32 Å². The molecule has 1 amide bonds. The standard InChI is InChI=1S/C25H24N2O2S/c1-18-22(27-25(29-18)23-13-8-16-30-23)17-24(28)26-15-14-21(19-9-4-2-5-10-19)20-11-6-3-7-12-20/h2-13,16,21H,14-15,17H2,1H3,(H,26,28). The molecule has 0 aliphatic carbocycles. The highest BCUT2D eigenvalue weighted by Gasteiger charge is 2.17. The Balaban J connectivity index is 1.37. The number of carbonyl (C=O) groups excluding carboxylic acids is 1. The Bertz CT molecular complexity index is 1030. The van der Waals surface area contributed by atoms with E-state index in [9.17, 15) is 4.79 Å². The molecule has 2 aromatic heterocycles. The molecule has 4 rings (SSSR count). The highest BCUT2D eigenvalue weighted by atomic mass is 32.1. The first-order chi connectivity index (χ1) is 14.7. The van der Waals surface area contributed by atoms with Gasteiger partial charge in [0.15, 0.2) is 0 Å². The third kappa shape index (κ3) is 4.86. The number of aromatic nitrogens is 1. The Morgan fingerprint density at radius 1 is 1.00 bits per heavy atom. The van der Waals surface area contributed by atoms with Gasteiger partial charge in [0.1, 0.15) is 5.76 Å². The van der Waals surface area contributed by atoms with E-state index in [0.29, 0.717) is 23.9 Å². The molecule has 4 aromatic rings. The van der Waals surface area contributed by atoms with E-state index in [1.54, 1.807) is 11.3 Å². The summed E-state index contributed by atoms with van der Waals surface area (Å²) >= 11 is 1.57. The van der Waals surface area contributed by atoms with Crippen molar-refractivity contribution in [2.75, 3.05) is 6.54 Å². The average molecular weight is 417 g/mol. The SMILES string of the molecule is Cc1oc(-c2cccs2)nc1CC(=O)NCCC(c1ccccc1)c1ccccc1. The molecule has 30 heavy (non-hydrogen) atoms. The maximum atomic E-state index is 12.5.